The second kappa shape index (κ2) is 7.45. The van der Waals surface area contributed by atoms with E-state index in [1.165, 1.54) is 5.56 Å². The molecule has 25 heavy (non-hydrogen) atoms. The molecule has 2 amide bonds. The van der Waals surface area contributed by atoms with E-state index in [-0.39, 0.29) is 5.91 Å². The summed E-state index contributed by atoms with van der Waals surface area (Å²) in [6.07, 6.45) is 0.734. The van der Waals surface area contributed by atoms with Crippen molar-refractivity contribution in [3.8, 4) is 0 Å². The Bertz CT molecular complexity index is 887. The maximum absolute atomic E-state index is 12.5. The lowest BCUT2D eigenvalue weighted by Gasteiger charge is -2.11. The number of nitrogens with two attached hydrogens (primary N) is 1. The molecule has 0 radical (unpaired) electrons. The highest BCUT2D eigenvalue weighted by Crippen LogP contribution is 2.20. The van der Waals surface area contributed by atoms with Crippen molar-refractivity contribution in [2.75, 3.05) is 5.32 Å². The second-order valence-electron chi connectivity index (χ2n) is 5.72. The minimum atomic E-state index is -0.514. The Balaban J connectivity index is 1.78. The number of anilines is 1. The van der Waals surface area contributed by atoms with E-state index >= 15 is 0 Å². The maximum atomic E-state index is 12.5. The van der Waals surface area contributed by atoms with Crippen LogP contribution < -0.4 is 11.1 Å². The molecular formula is C21H18N2O2. The first-order chi connectivity index (χ1) is 12.1. The number of primary amides is 1. The third kappa shape index (κ3) is 4.12. The van der Waals surface area contributed by atoms with Crippen molar-refractivity contribution in [3.63, 3.8) is 0 Å². The first kappa shape index (κ1) is 16.5. The van der Waals surface area contributed by atoms with Crippen LogP contribution in [-0.4, -0.2) is 11.8 Å². The molecule has 0 aromatic heterocycles. The van der Waals surface area contributed by atoms with Crippen LogP contribution in [-0.2, 0) is 6.42 Å². The normalized spacial score (nSPS) is 10.2. The molecule has 0 unspecified atom stereocenters. The molecule has 0 bridgehead atoms. The van der Waals surface area contributed by atoms with Gasteiger partial charge in [0.25, 0.3) is 5.91 Å². The van der Waals surface area contributed by atoms with Crippen molar-refractivity contribution >= 4 is 17.5 Å². The van der Waals surface area contributed by atoms with Gasteiger partial charge in [0.2, 0.25) is 5.91 Å². The Kier molecular flexibility index (Phi) is 4.90. The standard InChI is InChI=1S/C21H18N2O2/c22-20(24)16-10-12-17(13-11-16)21(25)23-19-9-5-4-8-18(19)14-15-6-2-1-3-7-15/h1-13H,14H2,(H2,22,24)(H,23,25). The monoisotopic (exact) mass is 330 g/mol. The van der Waals surface area contributed by atoms with E-state index in [4.69, 9.17) is 5.73 Å². The molecule has 0 spiro atoms. The van der Waals surface area contributed by atoms with Gasteiger partial charge in [0.05, 0.1) is 0 Å². The first-order valence-corrected chi connectivity index (χ1v) is 7.96. The van der Waals surface area contributed by atoms with Gasteiger partial charge < -0.3 is 11.1 Å². The summed E-state index contributed by atoms with van der Waals surface area (Å²) in [5.41, 5.74) is 9.05. The molecule has 4 heteroatoms. The van der Waals surface area contributed by atoms with E-state index in [0.717, 1.165) is 17.7 Å². The summed E-state index contributed by atoms with van der Waals surface area (Å²) in [6.45, 7) is 0. The fourth-order valence-electron chi connectivity index (χ4n) is 2.59. The molecule has 3 rings (SSSR count). The Hall–Kier alpha value is -3.40. The average molecular weight is 330 g/mol. The van der Waals surface area contributed by atoms with E-state index < -0.39 is 5.91 Å². The molecule has 0 saturated carbocycles. The van der Waals surface area contributed by atoms with Gasteiger partial charge in [-0.1, -0.05) is 48.5 Å². The van der Waals surface area contributed by atoms with Crippen LogP contribution in [0.25, 0.3) is 0 Å². The van der Waals surface area contributed by atoms with E-state index in [2.05, 4.69) is 17.4 Å². The minimum Gasteiger partial charge on any atom is -0.366 e. The summed E-state index contributed by atoms with van der Waals surface area (Å²) in [5.74, 6) is -0.739. The first-order valence-electron chi connectivity index (χ1n) is 7.96. The number of carbonyl (C=O) groups excluding carboxylic acids is 2. The van der Waals surface area contributed by atoms with Gasteiger partial charge in [0.1, 0.15) is 0 Å². The van der Waals surface area contributed by atoms with Gasteiger partial charge in [-0.25, -0.2) is 0 Å². The highest BCUT2D eigenvalue weighted by Gasteiger charge is 2.10. The average Bonchev–Trinajstić information content (AvgIpc) is 2.64. The van der Waals surface area contributed by atoms with Crippen LogP contribution >= 0.6 is 0 Å². The summed E-state index contributed by atoms with van der Waals surface area (Å²) in [7, 11) is 0. The largest absolute Gasteiger partial charge is 0.366 e. The Labute approximate surface area is 146 Å². The maximum Gasteiger partial charge on any atom is 0.255 e. The molecule has 3 aromatic rings. The molecule has 0 aliphatic heterocycles. The van der Waals surface area contributed by atoms with Gasteiger partial charge in [-0.15, -0.1) is 0 Å². The summed E-state index contributed by atoms with van der Waals surface area (Å²) in [6, 6.07) is 24.1. The second-order valence-corrected chi connectivity index (χ2v) is 5.72. The zero-order valence-corrected chi connectivity index (χ0v) is 13.6. The van der Waals surface area contributed by atoms with Gasteiger partial charge in [-0.3, -0.25) is 9.59 Å². The number of hydrogen-bond donors (Lipinski definition) is 2. The van der Waals surface area contributed by atoms with Crippen LogP contribution in [0.2, 0.25) is 0 Å². The quantitative estimate of drug-likeness (QED) is 0.750. The predicted octanol–water partition coefficient (Wildman–Crippen LogP) is 3.63. The number of carbonyl (C=O) groups is 2. The van der Waals surface area contributed by atoms with Crippen molar-refractivity contribution in [3.05, 3.63) is 101 Å². The van der Waals surface area contributed by atoms with E-state index in [0.29, 0.717) is 11.1 Å². The number of rotatable bonds is 5. The Morgan fingerprint density at radius 1 is 0.760 bits per heavy atom. The topological polar surface area (TPSA) is 72.2 Å². The van der Waals surface area contributed by atoms with Crippen molar-refractivity contribution in [2.45, 2.75) is 6.42 Å². The molecule has 4 nitrogen and oxygen atoms in total. The molecule has 3 aromatic carbocycles. The molecule has 0 heterocycles. The number of nitrogens with one attached hydrogen (secondary N) is 1. The number of hydrogen-bond acceptors (Lipinski definition) is 2. The van der Waals surface area contributed by atoms with E-state index in [1.807, 2.05) is 42.5 Å². The van der Waals surface area contributed by atoms with Gasteiger partial charge in [0, 0.05) is 16.8 Å². The number of amides is 2. The Morgan fingerprint density at radius 3 is 2.04 bits per heavy atom. The third-order valence-corrected chi connectivity index (χ3v) is 3.93. The smallest absolute Gasteiger partial charge is 0.255 e. The molecule has 0 aliphatic rings. The van der Waals surface area contributed by atoms with Crippen molar-refractivity contribution in [1.29, 1.82) is 0 Å². The fraction of sp³-hybridized carbons (Fsp3) is 0.0476. The zero-order chi connectivity index (χ0) is 17.6. The Morgan fingerprint density at radius 2 is 1.36 bits per heavy atom. The summed E-state index contributed by atoms with van der Waals surface area (Å²) < 4.78 is 0. The minimum absolute atomic E-state index is 0.225. The highest BCUT2D eigenvalue weighted by molar-refractivity contribution is 6.05. The SMILES string of the molecule is NC(=O)c1ccc(C(=O)Nc2ccccc2Cc2ccccc2)cc1. The summed E-state index contributed by atoms with van der Waals surface area (Å²) >= 11 is 0. The van der Waals surface area contributed by atoms with Crippen LogP contribution in [0.1, 0.15) is 31.8 Å². The van der Waals surface area contributed by atoms with Crippen molar-refractivity contribution in [2.24, 2.45) is 5.73 Å². The van der Waals surface area contributed by atoms with Crippen LogP contribution in [0.4, 0.5) is 5.69 Å². The summed E-state index contributed by atoms with van der Waals surface area (Å²) in [4.78, 5) is 23.6. The summed E-state index contributed by atoms with van der Waals surface area (Å²) in [5, 5.41) is 2.94. The lowest BCUT2D eigenvalue weighted by molar-refractivity contribution is 0.0995. The predicted molar refractivity (Wildman–Crippen MR) is 98.6 cm³/mol. The highest BCUT2D eigenvalue weighted by atomic mass is 16.2. The van der Waals surface area contributed by atoms with Gasteiger partial charge in [-0.05, 0) is 47.9 Å². The van der Waals surface area contributed by atoms with Gasteiger partial charge in [0.15, 0.2) is 0 Å². The van der Waals surface area contributed by atoms with Crippen LogP contribution in [0.15, 0.2) is 78.9 Å². The number of benzene rings is 3. The molecule has 0 fully saturated rings. The van der Waals surface area contributed by atoms with Gasteiger partial charge >= 0.3 is 0 Å². The lowest BCUT2D eigenvalue weighted by Crippen LogP contribution is -2.15. The van der Waals surface area contributed by atoms with Crippen LogP contribution in [0.5, 0.6) is 0 Å². The van der Waals surface area contributed by atoms with Crippen LogP contribution in [0.3, 0.4) is 0 Å². The molecular weight excluding hydrogens is 312 g/mol. The van der Waals surface area contributed by atoms with E-state index in [9.17, 15) is 9.59 Å². The lowest BCUT2D eigenvalue weighted by atomic mass is 10.0. The molecule has 124 valence electrons. The van der Waals surface area contributed by atoms with Gasteiger partial charge in [-0.2, -0.15) is 0 Å². The fourth-order valence-corrected chi connectivity index (χ4v) is 2.59. The molecule has 0 saturated heterocycles. The third-order valence-electron chi connectivity index (χ3n) is 3.93. The van der Waals surface area contributed by atoms with Crippen molar-refractivity contribution < 1.29 is 9.59 Å². The number of para-hydroxylation sites is 1. The molecule has 3 N–H and O–H groups in total. The molecule has 0 aliphatic carbocycles. The zero-order valence-electron chi connectivity index (χ0n) is 13.6. The van der Waals surface area contributed by atoms with Crippen LogP contribution in [0, 0.1) is 0 Å². The van der Waals surface area contributed by atoms with E-state index in [1.54, 1.807) is 24.3 Å². The van der Waals surface area contributed by atoms with Crippen molar-refractivity contribution in [1.82, 2.24) is 0 Å². The molecule has 0 atom stereocenters.